The first kappa shape index (κ1) is 21.9. The average Bonchev–Trinajstić information content (AvgIpc) is 3.03. The number of amides is 3. The van der Waals surface area contributed by atoms with E-state index in [2.05, 4.69) is 15.7 Å². The molecule has 3 heterocycles. The van der Waals surface area contributed by atoms with E-state index in [0.29, 0.717) is 28.7 Å². The lowest BCUT2D eigenvalue weighted by Crippen LogP contribution is -2.53. The van der Waals surface area contributed by atoms with Crippen molar-refractivity contribution >= 4 is 34.5 Å². The minimum atomic E-state index is -4.55. The highest BCUT2D eigenvalue weighted by Crippen LogP contribution is 2.36. The number of fused-ring (bicyclic) bond motifs is 1. The van der Waals surface area contributed by atoms with Crippen molar-refractivity contribution in [2.75, 3.05) is 18.4 Å². The van der Waals surface area contributed by atoms with Crippen LogP contribution in [0.25, 0.3) is 10.9 Å². The van der Waals surface area contributed by atoms with E-state index >= 15 is 0 Å². The molecule has 9 nitrogen and oxygen atoms in total. The molecule has 2 aliphatic heterocycles. The van der Waals surface area contributed by atoms with Gasteiger partial charge in [-0.15, -0.1) is 0 Å². The largest absolute Gasteiger partial charge is 0.465 e. The molecule has 3 atom stereocenters. The monoisotopic (exact) mass is 453 g/mol. The van der Waals surface area contributed by atoms with E-state index in [1.54, 1.807) is 29.9 Å². The lowest BCUT2D eigenvalue weighted by molar-refractivity contribution is -0.187. The first-order valence-corrected chi connectivity index (χ1v) is 10.2. The summed E-state index contributed by atoms with van der Waals surface area (Å²) in [6.45, 7) is -0.614. The lowest BCUT2D eigenvalue weighted by Gasteiger charge is -2.38. The Hall–Kier alpha value is -3.31. The topological polar surface area (TPSA) is 117 Å². The number of aromatic nitrogens is 2. The number of benzene rings is 1. The van der Waals surface area contributed by atoms with Gasteiger partial charge in [0, 0.05) is 43.7 Å². The molecule has 0 saturated carbocycles. The van der Waals surface area contributed by atoms with Gasteiger partial charge in [0.1, 0.15) is 0 Å². The maximum atomic E-state index is 13.6. The Morgan fingerprint density at radius 2 is 2.03 bits per heavy atom. The summed E-state index contributed by atoms with van der Waals surface area (Å²) < 4.78 is 42.3. The zero-order valence-corrected chi connectivity index (χ0v) is 17.1. The van der Waals surface area contributed by atoms with Gasteiger partial charge in [-0.2, -0.15) is 18.3 Å². The summed E-state index contributed by atoms with van der Waals surface area (Å²) in [5.41, 5.74) is 1.58. The summed E-state index contributed by atoms with van der Waals surface area (Å²) >= 11 is 0. The number of carbonyl (C=O) groups is 3. The summed E-state index contributed by atoms with van der Waals surface area (Å²) in [5, 5.41) is 19.4. The van der Waals surface area contributed by atoms with Gasteiger partial charge in [0.2, 0.25) is 11.8 Å². The zero-order valence-electron chi connectivity index (χ0n) is 17.1. The van der Waals surface area contributed by atoms with Crippen LogP contribution in [0.2, 0.25) is 0 Å². The number of carboxylic acid groups (broad SMARTS) is 1. The molecule has 172 valence electrons. The molecule has 1 aromatic carbocycles. The van der Waals surface area contributed by atoms with Crippen LogP contribution in [-0.2, 0) is 16.6 Å². The third-order valence-electron chi connectivity index (χ3n) is 6.11. The van der Waals surface area contributed by atoms with Crippen LogP contribution in [0.3, 0.4) is 0 Å². The van der Waals surface area contributed by atoms with E-state index in [1.165, 1.54) is 0 Å². The summed E-state index contributed by atoms with van der Waals surface area (Å²) in [6.07, 6.45) is -5.35. The van der Waals surface area contributed by atoms with Crippen molar-refractivity contribution in [1.29, 1.82) is 0 Å². The van der Waals surface area contributed by atoms with E-state index in [4.69, 9.17) is 5.11 Å². The minimum absolute atomic E-state index is 0.00714. The molecule has 2 fully saturated rings. The molecule has 3 N–H and O–H groups in total. The number of piperidine rings is 2. The molecule has 12 heteroatoms. The highest BCUT2D eigenvalue weighted by Gasteiger charge is 2.48. The lowest BCUT2D eigenvalue weighted by atomic mass is 9.91. The van der Waals surface area contributed by atoms with Gasteiger partial charge in [0.15, 0.2) is 0 Å². The molecule has 2 aromatic rings. The second-order valence-corrected chi connectivity index (χ2v) is 8.16. The van der Waals surface area contributed by atoms with E-state index in [0.717, 1.165) is 4.90 Å². The first-order valence-electron chi connectivity index (χ1n) is 10.2. The smallest absolute Gasteiger partial charge is 0.407 e. The van der Waals surface area contributed by atoms with Crippen molar-refractivity contribution in [1.82, 2.24) is 20.0 Å². The molecule has 0 radical (unpaired) electrons. The van der Waals surface area contributed by atoms with Crippen LogP contribution < -0.4 is 10.6 Å². The van der Waals surface area contributed by atoms with Crippen LogP contribution in [-0.4, -0.2) is 63.0 Å². The van der Waals surface area contributed by atoms with Crippen LogP contribution in [0.1, 0.15) is 30.9 Å². The Labute approximate surface area is 180 Å². The van der Waals surface area contributed by atoms with Crippen molar-refractivity contribution in [3.05, 3.63) is 23.9 Å². The number of likely N-dealkylation sites (tertiary alicyclic amines) is 1. The highest BCUT2D eigenvalue weighted by molar-refractivity contribution is 6.02. The van der Waals surface area contributed by atoms with Crippen molar-refractivity contribution in [3.8, 4) is 0 Å². The third-order valence-corrected chi connectivity index (χ3v) is 6.11. The number of hydrogen-bond donors (Lipinski definition) is 3. The number of carbonyl (C=O) groups excluding carboxylic acids is 2. The van der Waals surface area contributed by atoms with Crippen LogP contribution >= 0.6 is 0 Å². The fraction of sp³-hybridized carbons (Fsp3) is 0.500. The number of nitrogens with one attached hydrogen (secondary N) is 2. The number of alkyl halides is 3. The minimum Gasteiger partial charge on any atom is -0.465 e. The molecule has 32 heavy (non-hydrogen) atoms. The van der Waals surface area contributed by atoms with Crippen molar-refractivity contribution in [2.45, 2.75) is 37.4 Å². The standard InChI is InChI=1S/C20H22F3N5O4/c1-27-15-8-10(24-14-6-7-28(19(31)32)9-13(14)20(21,22)23)2-3-11(15)17(26-27)12-4-5-16(29)25-18(12)30/h2-3,8,12-14,24H,4-7,9H2,1H3,(H,31,32)(H,25,29,30)/t12?,13-,14+/m1/s1. The number of anilines is 1. The van der Waals surface area contributed by atoms with Gasteiger partial charge < -0.3 is 15.3 Å². The zero-order chi connectivity index (χ0) is 23.2. The van der Waals surface area contributed by atoms with E-state index in [9.17, 15) is 27.6 Å². The maximum absolute atomic E-state index is 13.6. The molecule has 1 unspecified atom stereocenters. The van der Waals surface area contributed by atoms with Crippen LogP contribution in [0.15, 0.2) is 18.2 Å². The number of imide groups is 1. The Kier molecular flexibility index (Phi) is 5.47. The fourth-order valence-electron chi connectivity index (χ4n) is 4.43. The van der Waals surface area contributed by atoms with Crippen molar-refractivity contribution < 1.29 is 32.7 Å². The van der Waals surface area contributed by atoms with E-state index in [-0.39, 0.29) is 25.3 Å². The number of halogens is 3. The molecule has 0 spiro atoms. The molecule has 0 bridgehead atoms. The molecule has 1 aromatic heterocycles. The predicted molar refractivity (Wildman–Crippen MR) is 107 cm³/mol. The quantitative estimate of drug-likeness (QED) is 0.615. The van der Waals surface area contributed by atoms with Gasteiger partial charge in [-0.3, -0.25) is 19.6 Å². The van der Waals surface area contributed by atoms with Crippen LogP contribution in [0, 0.1) is 5.92 Å². The average molecular weight is 453 g/mol. The number of nitrogens with zero attached hydrogens (tertiary/aromatic N) is 3. The predicted octanol–water partition coefficient (Wildman–Crippen LogP) is 2.44. The van der Waals surface area contributed by atoms with Gasteiger partial charge in [0.25, 0.3) is 0 Å². The van der Waals surface area contributed by atoms with Gasteiger partial charge in [0.05, 0.1) is 23.0 Å². The number of rotatable bonds is 3. The Morgan fingerprint density at radius 1 is 1.28 bits per heavy atom. The van der Waals surface area contributed by atoms with Gasteiger partial charge in [-0.05, 0) is 31.0 Å². The summed E-state index contributed by atoms with van der Waals surface area (Å²) in [5.74, 6) is -3.16. The first-order chi connectivity index (χ1) is 15.0. The van der Waals surface area contributed by atoms with Gasteiger partial charge >= 0.3 is 12.3 Å². The maximum Gasteiger partial charge on any atom is 0.407 e. The van der Waals surface area contributed by atoms with Gasteiger partial charge in [-0.25, -0.2) is 4.79 Å². The number of aryl methyl sites for hydroxylation is 1. The molecular formula is C20H22F3N5O4. The summed E-state index contributed by atoms with van der Waals surface area (Å²) in [4.78, 5) is 35.6. The van der Waals surface area contributed by atoms with E-state index in [1.807, 2.05) is 0 Å². The van der Waals surface area contributed by atoms with Gasteiger partial charge in [-0.1, -0.05) is 0 Å². The molecule has 2 saturated heterocycles. The summed E-state index contributed by atoms with van der Waals surface area (Å²) in [7, 11) is 1.67. The Bertz CT molecular complexity index is 1080. The van der Waals surface area contributed by atoms with Crippen molar-refractivity contribution in [2.24, 2.45) is 13.0 Å². The Morgan fingerprint density at radius 3 is 2.69 bits per heavy atom. The van der Waals surface area contributed by atoms with Crippen LogP contribution in [0.5, 0.6) is 0 Å². The number of hydrogen-bond acceptors (Lipinski definition) is 5. The summed E-state index contributed by atoms with van der Waals surface area (Å²) in [6, 6.07) is 4.00. The van der Waals surface area contributed by atoms with Crippen molar-refractivity contribution in [3.63, 3.8) is 0 Å². The second kappa shape index (κ2) is 7.99. The fourth-order valence-corrected chi connectivity index (χ4v) is 4.43. The second-order valence-electron chi connectivity index (χ2n) is 8.16. The molecule has 2 aliphatic rings. The molecule has 0 aliphatic carbocycles. The van der Waals surface area contributed by atoms with E-state index < -0.39 is 42.6 Å². The molecule has 4 rings (SSSR count). The SMILES string of the molecule is Cn1nc(C2CCC(=O)NC2=O)c2ccc(N[C@H]3CCN(C(=O)O)C[C@H]3C(F)(F)F)cc21. The van der Waals surface area contributed by atoms with Crippen LogP contribution in [0.4, 0.5) is 23.7 Å². The molecular weight excluding hydrogens is 431 g/mol. The Balaban J connectivity index is 1.59. The third kappa shape index (κ3) is 4.08. The highest BCUT2D eigenvalue weighted by atomic mass is 19.4. The normalized spacial score (nSPS) is 24.5. The molecule has 3 amide bonds.